The van der Waals surface area contributed by atoms with Crippen molar-refractivity contribution in [3.63, 3.8) is 0 Å². The van der Waals surface area contributed by atoms with E-state index in [9.17, 15) is 24.5 Å². The number of ether oxygens (including phenoxy) is 1. The third kappa shape index (κ3) is 7.83. The lowest BCUT2D eigenvalue weighted by atomic mass is 9.94. The molecule has 0 radical (unpaired) electrons. The van der Waals surface area contributed by atoms with Crippen LogP contribution in [0.5, 0.6) is 0 Å². The highest BCUT2D eigenvalue weighted by atomic mass is 32.2. The first-order valence-corrected chi connectivity index (χ1v) is 12.9. The van der Waals surface area contributed by atoms with Gasteiger partial charge in [0.25, 0.3) is 0 Å². The van der Waals surface area contributed by atoms with E-state index in [0.29, 0.717) is 18.0 Å². The highest BCUT2D eigenvalue weighted by molar-refractivity contribution is 8.00. The molecule has 0 bridgehead atoms. The van der Waals surface area contributed by atoms with E-state index in [1.54, 1.807) is 12.1 Å². The van der Waals surface area contributed by atoms with Gasteiger partial charge in [0, 0.05) is 36.4 Å². The van der Waals surface area contributed by atoms with Crippen LogP contribution in [0, 0.1) is 5.82 Å². The van der Waals surface area contributed by atoms with Crippen molar-refractivity contribution in [1.82, 2.24) is 0 Å². The molecular formula is C26H35FN2O5S. The highest BCUT2D eigenvalue weighted by Gasteiger charge is 2.36. The lowest BCUT2D eigenvalue weighted by molar-refractivity contribution is -0.138. The zero-order valence-electron chi connectivity index (χ0n) is 20.4. The van der Waals surface area contributed by atoms with E-state index in [0.717, 1.165) is 35.1 Å². The molecule has 0 amide bonds. The lowest BCUT2D eigenvalue weighted by Crippen LogP contribution is -2.45. The summed E-state index contributed by atoms with van der Waals surface area (Å²) in [5.41, 5.74) is 3.09. The van der Waals surface area contributed by atoms with Gasteiger partial charge in [0.05, 0.1) is 30.5 Å². The number of hydrogen-bond acceptors (Lipinski definition) is 7. The Kier molecular flexibility index (Phi) is 9.40. The fourth-order valence-corrected chi connectivity index (χ4v) is 5.38. The summed E-state index contributed by atoms with van der Waals surface area (Å²) >= 11 is 1.14. The number of anilines is 3. The Morgan fingerprint density at radius 3 is 2.57 bits per heavy atom. The second kappa shape index (κ2) is 12.1. The Hall–Kier alpha value is -2.33. The largest absolute Gasteiger partial charge is 0.481 e. The molecule has 9 heteroatoms. The number of nitrogens with zero attached hydrogens (tertiary/aromatic N) is 1. The van der Waals surface area contributed by atoms with Gasteiger partial charge in [0.1, 0.15) is 5.82 Å². The summed E-state index contributed by atoms with van der Waals surface area (Å²) in [6.45, 7) is 6.74. The minimum Gasteiger partial charge on any atom is -0.481 e. The van der Waals surface area contributed by atoms with Gasteiger partial charge in [-0.2, -0.15) is 0 Å². The average Bonchev–Trinajstić information content (AvgIpc) is 2.78. The maximum absolute atomic E-state index is 13.5. The summed E-state index contributed by atoms with van der Waals surface area (Å²) in [7, 11) is 0. The fraction of sp³-hybridized carbons (Fsp3) is 0.500. The number of hydrogen-bond donors (Lipinski definition) is 4. The summed E-state index contributed by atoms with van der Waals surface area (Å²) in [6.07, 6.45) is 0.895. The standard InChI is InChI=1S/C26H35FN2O5S/c1-4-29(22-11-12-35-26(32,33)15-22)24-10-5-18(19(14-25(30)31)16-34-17(2)3)13-23(24)28-21-8-6-20(27)7-9-21/h5-10,13,17,19,22,28,32-33H,4,11-12,14-16H2,1-3H3,(H,30,31). The molecule has 2 unspecified atom stereocenters. The van der Waals surface area contributed by atoms with Crippen molar-refractivity contribution < 1.29 is 29.2 Å². The molecule has 3 rings (SSSR count). The zero-order chi connectivity index (χ0) is 25.6. The van der Waals surface area contributed by atoms with Crippen molar-refractivity contribution in [2.24, 2.45) is 0 Å². The minimum absolute atomic E-state index is 0.0284. The first-order valence-electron chi connectivity index (χ1n) is 11.9. The molecule has 2 aromatic carbocycles. The molecule has 1 aliphatic heterocycles. The smallest absolute Gasteiger partial charge is 0.304 e. The Morgan fingerprint density at radius 2 is 1.97 bits per heavy atom. The van der Waals surface area contributed by atoms with Crippen LogP contribution in [-0.4, -0.2) is 57.5 Å². The third-order valence-electron chi connectivity index (χ3n) is 6.04. The van der Waals surface area contributed by atoms with Gasteiger partial charge in [-0.05, 0) is 69.2 Å². The molecule has 0 saturated carbocycles. The Balaban J connectivity index is 2.01. The summed E-state index contributed by atoms with van der Waals surface area (Å²) in [5.74, 6) is -0.966. The predicted molar refractivity (Wildman–Crippen MR) is 138 cm³/mol. The van der Waals surface area contributed by atoms with Gasteiger partial charge >= 0.3 is 5.97 Å². The Morgan fingerprint density at radius 1 is 1.26 bits per heavy atom. The van der Waals surface area contributed by atoms with Crippen molar-refractivity contribution in [3.8, 4) is 0 Å². The fourth-order valence-electron chi connectivity index (χ4n) is 4.36. The summed E-state index contributed by atoms with van der Waals surface area (Å²) in [4.78, 5) is 13.7. The molecule has 1 fully saturated rings. The molecule has 0 aromatic heterocycles. The number of rotatable bonds is 11. The van der Waals surface area contributed by atoms with Crippen molar-refractivity contribution in [3.05, 3.63) is 53.8 Å². The number of aliphatic carboxylic acids is 1. The molecule has 7 nitrogen and oxygen atoms in total. The van der Waals surface area contributed by atoms with Gasteiger partial charge in [-0.3, -0.25) is 4.79 Å². The number of carboxylic acids is 1. The SMILES string of the molecule is CCN(c1ccc(C(COC(C)C)CC(=O)O)cc1Nc1ccc(F)cc1)C1CCSC(O)(O)C1. The van der Waals surface area contributed by atoms with Crippen LogP contribution in [0.25, 0.3) is 0 Å². The van der Waals surface area contributed by atoms with Gasteiger partial charge in [0.15, 0.2) is 0 Å². The lowest BCUT2D eigenvalue weighted by Gasteiger charge is -2.40. The van der Waals surface area contributed by atoms with E-state index < -0.39 is 11.1 Å². The first kappa shape index (κ1) is 27.3. The predicted octanol–water partition coefficient (Wildman–Crippen LogP) is 4.91. The number of nitrogens with one attached hydrogen (secondary N) is 1. The second-order valence-corrected chi connectivity index (χ2v) is 10.5. The number of carbonyl (C=O) groups is 1. The van der Waals surface area contributed by atoms with Crippen LogP contribution < -0.4 is 10.2 Å². The zero-order valence-corrected chi connectivity index (χ0v) is 21.2. The van der Waals surface area contributed by atoms with E-state index in [1.807, 2.05) is 39.0 Å². The van der Waals surface area contributed by atoms with E-state index in [4.69, 9.17) is 4.74 Å². The average molecular weight is 507 g/mol. The van der Waals surface area contributed by atoms with Gasteiger partial charge in [0.2, 0.25) is 5.12 Å². The number of benzene rings is 2. The number of halogens is 1. The van der Waals surface area contributed by atoms with Gasteiger partial charge < -0.3 is 30.3 Å². The van der Waals surface area contributed by atoms with Gasteiger partial charge in [-0.1, -0.05) is 17.8 Å². The molecule has 2 aromatic rings. The van der Waals surface area contributed by atoms with Crippen molar-refractivity contribution >= 4 is 34.8 Å². The van der Waals surface area contributed by atoms with Crippen LogP contribution in [0.15, 0.2) is 42.5 Å². The van der Waals surface area contributed by atoms with Crippen LogP contribution in [-0.2, 0) is 9.53 Å². The second-order valence-electron chi connectivity index (χ2n) is 9.11. The Labute approximate surface area is 210 Å². The maximum atomic E-state index is 13.5. The molecule has 2 atom stereocenters. The van der Waals surface area contributed by atoms with Crippen molar-refractivity contribution in [2.45, 2.75) is 63.2 Å². The van der Waals surface area contributed by atoms with Gasteiger partial charge in [-0.15, -0.1) is 0 Å². The van der Waals surface area contributed by atoms with Gasteiger partial charge in [-0.25, -0.2) is 4.39 Å². The molecule has 192 valence electrons. The van der Waals surface area contributed by atoms with E-state index >= 15 is 0 Å². The van der Waals surface area contributed by atoms with Crippen LogP contribution in [0.4, 0.5) is 21.5 Å². The van der Waals surface area contributed by atoms with E-state index in [-0.39, 0.29) is 43.3 Å². The number of thioether (sulfide) groups is 1. The summed E-state index contributed by atoms with van der Waals surface area (Å²) < 4.78 is 19.2. The molecule has 0 spiro atoms. The van der Waals surface area contributed by atoms with Crippen LogP contribution in [0.3, 0.4) is 0 Å². The third-order valence-corrected chi connectivity index (χ3v) is 7.11. The van der Waals surface area contributed by atoms with E-state index in [2.05, 4.69) is 10.2 Å². The molecule has 1 aliphatic rings. The van der Waals surface area contributed by atoms with Crippen LogP contribution >= 0.6 is 11.8 Å². The van der Waals surface area contributed by atoms with E-state index in [1.165, 1.54) is 12.1 Å². The van der Waals surface area contributed by atoms with Crippen molar-refractivity contribution in [2.75, 3.05) is 29.1 Å². The molecule has 4 N–H and O–H groups in total. The number of carboxylic acid groups (broad SMARTS) is 1. The maximum Gasteiger partial charge on any atom is 0.304 e. The molecule has 0 aliphatic carbocycles. The molecule has 35 heavy (non-hydrogen) atoms. The van der Waals surface area contributed by atoms with Crippen molar-refractivity contribution in [1.29, 1.82) is 0 Å². The molecular weight excluding hydrogens is 471 g/mol. The quantitative estimate of drug-likeness (QED) is 0.319. The minimum atomic E-state index is -1.78. The number of aliphatic hydroxyl groups is 2. The first-order chi connectivity index (χ1) is 16.6. The normalized spacial score (nSPS) is 18.3. The van der Waals surface area contributed by atoms with Crippen LogP contribution in [0.2, 0.25) is 0 Å². The van der Waals surface area contributed by atoms with Crippen LogP contribution in [0.1, 0.15) is 51.5 Å². The topological polar surface area (TPSA) is 102 Å². The molecule has 1 heterocycles. The summed E-state index contributed by atoms with van der Waals surface area (Å²) in [6, 6.07) is 11.7. The summed E-state index contributed by atoms with van der Waals surface area (Å²) in [5, 5.41) is 31.5. The Bertz CT molecular complexity index is 986. The monoisotopic (exact) mass is 506 g/mol. The molecule has 1 saturated heterocycles. The highest BCUT2D eigenvalue weighted by Crippen LogP contribution is 2.39.